The van der Waals surface area contributed by atoms with Gasteiger partial charge < -0.3 is 31.1 Å². The molecule has 2 aromatic carbocycles. The summed E-state index contributed by atoms with van der Waals surface area (Å²) in [6.45, 7) is 1.51. The third-order valence-electron chi connectivity index (χ3n) is 5.62. The number of hydrogen-bond acceptors (Lipinski definition) is 7. The quantitative estimate of drug-likeness (QED) is 0.220. The zero-order valence-corrected chi connectivity index (χ0v) is 21.5. The number of nitrogens with two attached hydrogens (primary N) is 1. The number of carboxylic acid groups (broad SMARTS) is 1. The van der Waals surface area contributed by atoms with Crippen LogP contribution < -0.4 is 16.0 Å². The fourth-order valence-corrected chi connectivity index (χ4v) is 3.49. The molecular formula is C27H29F3N6O3. The SMILES string of the molecule is Cc1cnc(Nc2cccc(N(C)C)c2)nc1-c1c[nH]c(C(=O)O)c1.NC(CO)c1cccc(C(F)(F)F)c1. The van der Waals surface area contributed by atoms with Crippen LogP contribution in [0.25, 0.3) is 11.3 Å². The second-order valence-electron chi connectivity index (χ2n) is 8.81. The summed E-state index contributed by atoms with van der Waals surface area (Å²) in [6, 6.07) is 13.3. The number of nitrogens with zero attached hydrogens (tertiary/aromatic N) is 3. The first kappa shape index (κ1) is 29.1. The molecule has 39 heavy (non-hydrogen) atoms. The number of benzene rings is 2. The van der Waals surface area contributed by atoms with Crippen molar-refractivity contribution >= 4 is 23.3 Å². The van der Waals surface area contributed by atoms with Crippen LogP contribution in [-0.2, 0) is 6.18 Å². The van der Waals surface area contributed by atoms with Crippen molar-refractivity contribution in [3.05, 3.63) is 89.4 Å². The standard InChI is InChI=1S/C18H19N5O2.C9H10F3NO/c1-11-9-20-18(21-13-5-4-6-14(8-13)23(2)3)22-16(11)12-7-15(17(24)25)19-10-12;10-9(11,12)7-3-1-2-6(4-7)8(13)5-14/h4-10,19H,1-3H3,(H,24,25)(H,20,21,22);1-4,8,14H,5,13H2. The molecule has 0 bridgehead atoms. The fourth-order valence-electron chi connectivity index (χ4n) is 3.49. The Morgan fingerprint density at radius 1 is 1.15 bits per heavy atom. The highest BCUT2D eigenvalue weighted by molar-refractivity contribution is 5.87. The molecule has 4 rings (SSSR count). The monoisotopic (exact) mass is 542 g/mol. The van der Waals surface area contributed by atoms with Gasteiger partial charge in [0.1, 0.15) is 5.69 Å². The summed E-state index contributed by atoms with van der Waals surface area (Å²) >= 11 is 0. The number of aromatic carboxylic acids is 1. The van der Waals surface area contributed by atoms with Crippen molar-refractivity contribution in [2.24, 2.45) is 5.73 Å². The number of hydrogen-bond donors (Lipinski definition) is 5. The van der Waals surface area contributed by atoms with Crippen LogP contribution in [0.5, 0.6) is 0 Å². The number of aliphatic hydroxyl groups excluding tert-OH is 1. The summed E-state index contributed by atoms with van der Waals surface area (Å²) in [6.07, 6.45) is -1.02. The highest BCUT2D eigenvalue weighted by atomic mass is 19.4. The van der Waals surface area contributed by atoms with E-state index in [1.165, 1.54) is 12.1 Å². The molecule has 0 aliphatic heterocycles. The summed E-state index contributed by atoms with van der Waals surface area (Å²) in [4.78, 5) is 24.6. The Bertz CT molecular complexity index is 1420. The Hall–Kier alpha value is -4.42. The van der Waals surface area contributed by atoms with Crippen LogP contribution in [-0.4, -0.2) is 51.8 Å². The molecule has 12 heteroatoms. The number of halogens is 3. The number of aryl methyl sites for hydroxylation is 1. The maximum atomic E-state index is 12.2. The summed E-state index contributed by atoms with van der Waals surface area (Å²) in [5, 5.41) is 20.9. The maximum absolute atomic E-state index is 12.2. The summed E-state index contributed by atoms with van der Waals surface area (Å²) < 4.78 is 36.7. The molecule has 0 saturated heterocycles. The molecular weight excluding hydrogens is 513 g/mol. The van der Waals surface area contributed by atoms with Gasteiger partial charge in [-0.15, -0.1) is 0 Å². The van der Waals surface area contributed by atoms with E-state index >= 15 is 0 Å². The van der Waals surface area contributed by atoms with Crippen molar-refractivity contribution in [1.82, 2.24) is 15.0 Å². The number of carbonyl (C=O) groups is 1. The predicted molar refractivity (Wildman–Crippen MR) is 143 cm³/mol. The van der Waals surface area contributed by atoms with E-state index in [0.29, 0.717) is 17.2 Å². The molecule has 9 nitrogen and oxygen atoms in total. The molecule has 0 saturated carbocycles. The largest absolute Gasteiger partial charge is 0.477 e. The number of nitrogens with one attached hydrogen (secondary N) is 2. The highest BCUT2D eigenvalue weighted by Gasteiger charge is 2.30. The van der Waals surface area contributed by atoms with Crippen molar-refractivity contribution in [2.75, 3.05) is 30.9 Å². The Balaban J connectivity index is 0.000000255. The molecule has 0 radical (unpaired) electrons. The van der Waals surface area contributed by atoms with Crippen molar-refractivity contribution < 1.29 is 28.2 Å². The summed E-state index contributed by atoms with van der Waals surface area (Å²) in [5.74, 6) is -0.550. The normalized spacial score (nSPS) is 11.8. The molecule has 0 aliphatic rings. The maximum Gasteiger partial charge on any atom is 0.416 e. The van der Waals surface area contributed by atoms with E-state index in [1.54, 1.807) is 18.5 Å². The predicted octanol–water partition coefficient (Wildman–Crippen LogP) is 4.99. The number of H-pyrrole nitrogens is 1. The van der Waals surface area contributed by atoms with Gasteiger partial charge in [-0.25, -0.2) is 14.8 Å². The third-order valence-corrected chi connectivity index (χ3v) is 5.62. The van der Waals surface area contributed by atoms with E-state index in [-0.39, 0.29) is 17.9 Å². The number of rotatable bonds is 7. The Labute approximate surface area is 223 Å². The average Bonchev–Trinajstić information content (AvgIpc) is 3.40. The van der Waals surface area contributed by atoms with Crippen LogP contribution in [0.4, 0.5) is 30.5 Å². The number of aromatic nitrogens is 3. The summed E-state index contributed by atoms with van der Waals surface area (Å²) in [7, 11) is 3.96. The van der Waals surface area contributed by atoms with Crippen LogP contribution in [0.2, 0.25) is 0 Å². The Morgan fingerprint density at radius 2 is 1.87 bits per heavy atom. The smallest absolute Gasteiger partial charge is 0.416 e. The lowest BCUT2D eigenvalue weighted by atomic mass is 10.1. The highest BCUT2D eigenvalue weighted by Crippen LogP contribution is 2.30. The Kier molecular flexibility index (Phi) is 9.28. The lowest BCUT2D eigenvalue weighted by Crippen LogP contribution is -2.15. The molecule has 0 aliphatic carbocycles. The number of anilines is 3. The van der Waals surface area contributed by atoms with Crippen LogP contribution >= 0.6 is 0 Å². The van der Waals surface area contributed by atoms with Gasteiger partial charge in [-0.2, -0.15) is 13.2 Å². The molecule has 0 spiro atoms. The average molecular weight is 543 g/mol. The summed E-state index contributed by atoms with van der Waals surface area (Å²) in [5.41, 5.74) is 9.24. The number of aromatic amines is 1. The molecule has 206 valence electrons. The molecule has 1 unspecified atom stereocenters. The number of alkyl halides is 3. The van der Waals surface area contributed by atoms with Crippen molar-refractivity contribution in [3.8, 4) is 11.3 Å². The zero-order chi connectivity index (χ0) is 28.7. The molecule has 6 N–H and O–H groups in total. The second-order valence-corrected chi connectivity index (χ2v) is 8.81. The molecule has 2 heterocycles. The minimum absolute atomic E-state index is 0.126. The fraction of sp³-hybridized carbons (Fsp3) is 0.222. The van der Waals surface area contributed by atoms with Crippen LogP contribution in [0, 0.1) is 6.92 Å². The zero-order valence-electron chi connectivity index (χ0n) is 21.5. The third kappa shape index (κ3) is 7.79. The number of aliphatic hydroxyl groups is 1. The van der Waals surface area contributed by atoms with Crippen molar-refractivity contribution in [3.63, 3.8) is 0 Å². The van der Waals surface area contributed by atoms with Crippen LogP contribution in [0.3, 0.4) is 0 Å². The van der Waals surface area contributed by atoms with E-state index in [4.69, 9.17) is 15.9 Å². The van der Waals surface area contributed by atoms with Crippen LogP contribution in [0.1, 0.15) is 33.2 Å². The van der Waals surface area contributed by atoms with Gasteiger partial charge in [0.25, 0.3) is 0 Å². The van der Waals surface area contributed by atoms with Crippen molar-refractivity contribution in [2.45, 2.75) is 19.1 Å². The van der Waals surface area contributed by atoms with Gasteiger partial charge in [-0.1, -0.05) is 18.2 Å². The lowest BCUT2D eigenvalue weighted by Gasteiger charge is -2.14. The first-order chi connectivity index (χ1) is 18.4. The number of carboxylic acids is 1. The van der Waals surface area contributed by atoms with Gasteiger partial charge in [0.05, 0.1) is 23.9 Å². The van der Waals surface area contributed by atoms with Gasteiger partial charge in [0.15, 0.2) is 0 Å². The van der Waals surface area contributed by atoms with E-state index in [0.717, 1.165) is 29.1 Å². The van der Waals surface area contributed by atoms with Gasteiger partial charge in [-0.3, -0.25) is 0 Å². The topological polar surface area (TPSA) is 140 Å². The second kappa shape index (κ2) is 12.4. The van der Waals surface area contributed by atoms with Crippen LogP contribution in [0.15, 0.2) is 67.0 Å². The van der Waals surface area contributed by atoms with Gasteiger partial charge in [0.2, 0.25) is 5.95 Å². The molecule has 1 atom stereocenters. The molecule has 4 aromatic rings. The van der Waals surface area contributed by atoms with Gasteiger partial charge in [-0.05, 0) is 54.4 Å². The molecule has 2 aromatic heterocycles. The van der Waals surface area contributed by atoms with Gasteiger partial charge >= 0.3 is 12.1 Å². The molecule has 0 amide bonds. The van der Waals surface area contributed by atoms with Crippen molar-refractivity contribution in [1.29, 1.82) is 0 Å². The van der Waals surface area contributed by atoms with E-state index in [9.17, 15) is 18.0 Å². The minimum Gasteiger partial charge on any atom is -0.477 e. The first-order valence-electron chi connectivity index (χ1n) is 11.7. The lowest BCUT2D eigenvalue weighted by molar-refractivity contribution is -0.137. The van der Waals surface area contributed by atoms with E-state index in [2.05, 4.69) is 20.3 Å². The Morgan fingerprint density at radius 3 is 2.49 bits per heavy atom. The van der Waals surface area contributed by atoms with E-state index in [1.807, 2.05) is 50.2 Å². The first-order valence-corrected chi connectivity index (χ1v) is 11.7. The van der Waals surface area contributed by atoms with E-state index < -0.39 is 23.8 Å². The van der Waals surface area contributed by atoms with Gasteiger partial charge in [0, 0.05) is 43.4 Å². The molecule has 0 fully saturated rings. The minimum atomic E-state index is -4.37.